The Bertz CT molecular complexity index is 294. The maximum atomic E-state index is 5.61. The van der Waals surface area contributed by atoms with Gasteiger partial charge in [-0.3, -0.25) is 10.4 Å². The minimum absolute atomic E-state index is 0.357. The molecule has 0 unspecified atom stereocenters. The Morgan fingerprint density at radius 3 is 2.47 bits per heavy atom. The van der Waals surface area contributed by atoms with Crippen molar-refractivity contribution in [3.05, 3.63) is 0 Å². The fourth-order valence-electron chi connectivity index (χ4n) is 3.24. The molecule has 2 rings (SSSR count). The van der Waals surface area contributed by atoms with Crippen molar-refractivity contribution in [2.24, 2.45) is 10.8 Å². The summed E-state index contributed by atoms with van der Waals surface area (Å²) in [6, 6.07) is 0.553. The van der Waals surface area contributed by atoms with Gasteiger partial charge in [-0.05, 0) is 31.9 Å². The van der Waals surface area contributed by atoms with Crippen LogP contribution >= 0.6 is 11.8 Å². The fraction of sp³-hybridized carbons (Fsp3) is 0.929. The summed E-state index contributed by atoms with van der Waals surface area (Å²) in [5.74, 6) is 6.39. The quantitative estimate of drug-likeness (QED) is 0.321. The summed E-state index contributed by atoms with van der Waals surface area (Å²) >= 11 is 1.97. The molecule has 0 bridgehead atoms. The first-order valence-electron chi connectivity index (χ1n) is 7.61. The second-order valence-electron chi connectivity index (χ2n) is 5.88. The molecule has 0 aromatic rings. The van der Waals surface area contributed by atoms with Crippen LogP contribution in [0.4, 0.5) is 0 Å². The molecule has 110 valence electrons. The minimum atomic E-state index is 0.357. The van der Waals surface area contributed by atoms with Gasteiger partial charge in [-0.2, -0.15) is 11.8 Å². The predicted molar refractivity (Wildman–Crippen MR) is 84.3 cm³/mol. The summed E-state index contributed by atoms with van der Waals surface area (Å²) in [5.41, 5.74) is 2.74. The molecule has 4 N–H and O–H groups in total. The van der Waals surface area contributed by atoms with E-state index in [1.807, 2.05) is 11.8 Å². The molecule has 0 spiro atoms. The molecule has 0 radical (unpaired) electrons. The molecule has 0 atom stereocenters. The number of hydrogen-bond donors (Lipinski definition) is 3. The van der Waals surface area contributed by atoms with Gasteiger partial charge >= 0.3 is 0 Å². The molecule has 4 nitrogen and oxygen atoms in total. The first kappa shape index (κ1) is 15.0. The van der Waals surface area contributed by atoms with Crippen molar-refractivity contribution in [3.8, 4) is 0 Å². The van der Waals surface area contributed by atoms with Crippen molar-refractivity contribution in [3.63, 3.8) is 0 Å². The highest BCUT2D eigenvalue weighted by Crippen LogP contribution is 2.40. The van der Waals surface area contributed by atoms with E-state index in [1.165, 1.54) is 57.8 Å². The van der Waals surface area contributed by atoms with E-state index in [2.05, 4.69) is 17.0 Å². The van der Waals surface area contributed by atoms with Crippen LogP contribution in [0, 0.1) is 0 Å². The van der Waals surface area contributed by atoms with E-state index < -0.39 is 0 Å². The highest BCUT2D eigenvalue weighted by Gasteiger charge is 2.32. The summed E-state index contributed by atoms with van der Waals surface area (Å²) in [4.78, 5) is 4.71. The van der Waals surface area contributed by atoms with Gasteiger partial charge in [-0.25, -0.2) is 5.84 Å². The number of nitrogens with zero attached hydrogens (tertiary/aromatic N) is 1. The molecule has 0 aromatic carbocycles. The SMILES string of the molecule is CSC1(CN=C(NN)NC2CCCCC2)CCCC1. The lowest BCUT2D eigenvalue weighted by molar-refractivity contribution is 0.409. The molecule has 0 aliphatic heterocycles. The van der Waals surface area contributed by atoms with Crippen LogP contribution < -0.4 is 16.6 Å². The third kappa shape index (κ3) is 4.28. The lowest BCUT2D eigenvalue weighted by Crippen LogP contribution is -2.47. The average molecular weight is 284 g/mol. The van der Waals surface area contributed by atoms with Crippen molar-refractivity contribution in [1.82, 2.24) is 10.7 Å². The van der Waals surface area contributed by atoms with Crippen LogP contribution in [-0.4, -0.2) is 29.5 Å². The van der Waals surface area contributed by atoms with E-state index in [9.17, 15) is 0 Å². The topological polar surface area (TPSA) is 62.4 Å². The molecule has 2 saturated carbocycles. The highest BCUT2D eigenvalue weighted by atomic mass is 32.2. The van der Waals surface area contributed by atoms with E-state index in [0.29, 0.717) is 10.8 Å². The molecule has 5 heteroatoms. The van der Waals surface area contributed by atoms with Gasteiger partial charge in [-0.1, -0.05) is 32.1 Å². The molecular formula is C14H28N4S. The molecule has 2 aliphatic rings. The van der Waals surface area contributed by atoms with Gasteiger partial charge < -0.3 is 5.32 Å². The number of nitrogens with one attached hydrogen (secondary N) is 2. The van der Waals surface area contributed by atoms with Crippen molar-refractivity contribution in [2.45, 2.75) is 68.6 Å². The summed E-state index contributed by atoms with van der Waals surface area (Å²) in [5, 5.41) is 3.48. The van der Waals surface area contributed by atoms with Crippen LogP contribution in [0.2, 0.25) is 0 Å². The maximum Gasteiger partial charge on any atom is 0.205 e. The second kappa shape index (κ2) is 7.39. The van der Waals surface area contributed by atoms with Crippen molar-refractivity contribution >= 4 is 17.7 Å². The first-order chi connectivity index (χ1) is 9.28. The Balaban J connectivity index is 1.86. The highest BCUT2D eigenvalue weighted by molar-refractivity contribution is 8.00. The van der Waals surface area contributed by atoms with Crippen LogP contribution in [0.5, 0.6) is 0 Å². The number of guanidine groups is 1. The van der Waals surface area contributed by atoms with Crippen molar-refractivity contribution < 1.29 is 0 Å². The standard InChI is InChI=1S/C14H28N4S/c1-19-14(9-5-6-10-14)11-16-13(18-15)17-12-7-3-2-4-8-12/h12H,2-11,15H2,1H3,(H2,16,17,18). The summed E-state index contributed by atoms with van der Waals surface area (Å²) < 4.78 is 0.357. The van der Waals surface area contributed by atoms with E-state index in [4.69, 9.17) is 10.8 Å². The van der Waals surface area contributed by atoms with Gasteiger partial charge in [0.25, 0.3) is 0 Å². The first-order valence-corrected chi connectivity index (χ1v) is 8.83. The maximum absolute atomic E-state index is 5.61. The Kier molecular flexibility index (Phi) is 5.82. The Hall–Kier alpha value is -0.420. The Labute approximate surface area is 121 Å². The fourth-order valence-corrected chi connectivity index (χ4v) is 4.13. The molecule has 0 saturated heterocycles. The normalized spacial score (nSPS) is 24.4. The minimum Gasteiger partial charge on any atom is -0.353 e. The van der Waals surface area contributed by atoms with Crippen molar-refractivity contribution in [1.29, 1.82) is 0 Å². The van der Waals surface area contributed by atoms with Gasteiger partial charge in [0.2, 0.25) is 5.96 Å². The molecule has 2 fully saturated rings. The third-order valence-corrected chi connectivity index (χ3v) is 5.96. The molecular weight excluding hydrogens is 256 g/mol. The summed E-state index contributed by atoms with van der Waals surface area (Å²) in [6.07, 6.45) is 14.0. The molecule has 0 amide bonds. The van der Waals surface area contributed by atoms with E-state index >= 15 is 0 Å². The smallest absolute Gasteiger partial charge is 0.205 e. The van der Waals surface area contributed by atoms with E-state index in [0.717, 1.165) is 12.5 Å². The zero-order valence-corrected chi connectivity index (χ0v) is 12.9. The lowest BCUT2D eigenvalue weighted by atomic mass is 9.96. The number of rotatable bonds is 4. The monoisotopic (exact) mass is 284 g/mol. The Morgan fingerprint density at radius 1 is 1.21 bits per heavy atom. The number of aliphatic imine (C=N–C) groups is 1. The largest absolute Gasteiger partial charge is 0.353 e. The van der Waals surface area contributed by atoms with Gasteiger partial charge in [0.05, 0.1) is 6.54 Å². The van der Waals surface area contributed by atoms with Crippen molar-refractivity contribution in [2.75, 3.05) is 12.8 Å². The van der Waals surface area contributed by atoms with Gasteiger partial charge in [-0.15, -0.1) is 0 Å². The number of hydrazine groups is 1. The van der Waals surface area contributed by atoms with Crippen LogP contribution in [0.15, 0.2) is 4.99 Å². The van der Waals surface area contributed by atoms with E-state index in [1.54, 1.807) is 0 Å². The molecule has 2 aliphatic carbocycles. The molecule has 0 heterocycles. The second-order valence-corrected chi connectivity index (χ2v) is 7.16. The molecule has 0 aromatic heterocycles. The molecule has 19 heavy (non-hydrogen) atoms. The zero-order chi connectivity index (χ0) is 13.6. The van der Waals surface area contributed by atoms with Gasteiger partial charge in [0, 0.05) is 10.8 Å². The van der Waals surface area contributed by atoms with Crippen LogP contribution in [0.25, 0.3) is 0 Å². The van der Waals surface area contributed by atoms with Crippen LogP contribution in [0.1, 0.15) is 57.8 Å². The van der Waals surface area contributed by atoms with Gasteiger partial charge in [0.15, 0.2) is 0 Å². The number of hydrogen-bond acceptors (Lipinski definition) is 3. The Morgan fingerprint density at radius 2 is 1.89 bits per heavy atom. The lowest BCUT2D eigenvalue weighted by Gasteiger charge is -2.27. The van der Waals surface area contributed by atoms with E-state index in [-0.39, 0.29) is 0 Å². The predicted octanol–water partition coefficient (Wildman–Crippen LogP) is 2.40. The zero-order valence-electron chi connectivity index (χ0n) is 12.1. The summed E-state index contributed by atoms with van der Waals surface area (Å²) in [7, 11) is 0. The third-order valence-electron chi connectivity index (χ3n) is 4.56. The number of nitrogens with two attached hydrogens (primary N) is 1. The van der Waals surface area contributed by atoms with Crippen LogP contribution in [0.3, 0.4) is 0 Å². The van der Waals surface area contributed by atoms with Crippen LogP contribution in [-0.2, 0) is 0 Å². The average Bonchev–Trinajstić information content (AvgIpc) is 2.94. The number of thioether (sulfide) groups is 1. The van der Waals surface area contributed by atoms with Gasteiger partial charge in [0.1, 0.15) is 0 Å². The summed E-state index contributed by atoms with van der Waals surface area (Å²) in [6.45, 7) is 0.882.